The van der Waals surface area contributed by atoms with E-state index < -0.39 is 47.9 Å². The van der Waals surface area contributed by atoms with E-state index in [4.69, 9.17) is 5.73 Å². The highest BCUT2D eigenvalue weighted by Gasteiger charge is 2.30. The Labute approximate surface area is 187 Å². The molecule has 0 spiro atoms. The van der Waals surface area contributed by atoms with Crippen molar-refractivity contribution in [3.05, 3.63) is 0 Å². The molecule has 5 atom stereocenters. The topological polar surface area (TPSA) is 151 Å². The van der Waals surface area contributed by atoms with Crippen molar-refractivity contribution in [1.29, 1.82) is 0 Å². The molecule has 0 aromatic rings. The van der Waals surface area contributed by atoms with Crippen molar-refractivity contribution in [3.8, 4) is 0 Å². The van der Waals surface area contributed by atoms with Crippen LogP contribution < -0.4 is 21.7 Å². The summed E-state index contributed by atoms with van der Waals surface area (Å²) in [6.45, 7) is 5.19. The Balaban J connectivity index is 5.02. The maximum Gasteiger partial charge on any atom is 0.326 e. The second-order valence-corrected chi connectivity index (χ2v) is 9.14. The standard InChI is InChI=1S/C19H36N4O5S2/c1-6-11(2)15(23-17(25)13(20)7-9-29-4)18(26)21-12(3)16(24)22-14(19(27)28)8-10-30-5/h11-15H,6-10,20H2,1-5H3,(H,21,26)(H,22,24)(H,23,25)(H,27,28). The van der Waals surface area contributed by atoms with Crippen molar-refractivity contribution in [2.75, 3.05) is 24.0 Å². The molecule has 0 aliphatic rings. The van der Waals surface area contributed by atoms with Crippen LogP contribution in [-0.4, -0.2) is 77.0 Å². The van der Waals surface area contributed by atoms with E-state index in [1.54, 1.807) is 11.8 Å². The van der Waals surface area contributed by atoms with Gasteiger partial charge in [0.25, 0.3) is 0 Å². The van der Waals surface area contributed by atoms with Crippen LogP contribution in [-0.2, 0) is 19.2 Å². The van der Waals surface area contributed by atoms with Crippen molar-refractivity contribution in [1.82, 2.24) is 16.0 Å². The average molecular weight is 465 g/mol. The van der Waals surface area contributed by atoms with Gasteiger partial charge in [0, 0.05) is 0 Å². The minimum Gasteiger partial charge on any atom is -0.480 e. The number of thioether (sulfide) groups is 2. The van der Waals surface area contributed by atoms with Crippen LogP contribution in [0.2, 0.25) is 0 Å². The van der Waals surface area contributed by atoms with Crippen molar-refractivity contribution in [3.63, 3.8) is 0 Å². The molecule has 0 fully saturated rings. The maximum atomic E-state index is 12.8. The summed E-state index contributed by atoms with van der Waals surface area (Å²) in [7, 11) is 0. The molecule has 0 aliphatic carbocycles. The van der Waals surface area contributed by atoms with E-state index in [0.29, 0.717) is 18.6 Å². The molecule has 9 nitrogen and oxygen atoms in total. The van der Waals surface area contributed by atoms with Gasteiger partial charge in [-0.05, 0) is 49.7 Å². The molecule has 30 heavy (non-hydrogen) atoms. The third-order valence-electron chi connectivity index (χ3n) is 4.74. The van der Waals surface area contributed by atoms with E-state index in [2.05, 4.69) is 16.0 Å². The predicted molar refractivity (Wildman–Crippen MR) is 123 cm³/mol. The molecule has 3 amide bonds. The summed E-state index contributed by atoms with van der Waals surface area (Å²) < 4.78 is 0. The van der Waals surface area contributed by atoms with Gasteiger partial charge in [-0.2, -0.15) is 23.5 Å². The van der Waals surface area contributed by atoms with Gasteiger partial charge in [0.15, 0.2) is 0 Å². The minimum absolute atomic E-state index is 0.176. The Morgan fingerprint density at radius 2 is 1.47 bits per heavy atom. The van der Waals surface area contributed by atoms with Gasteiger partial charge in [-0.25, -0.2) is 4.79 Å². The molecule has 0 radical (unpaired) electrons. The predicted octanol–water partition coefficient (Wildman–Crippen LogP) is 0.425. The number of carbonyl (C=O) groups is 4. The highest BCUT2D eigenvalue weighted by atomic mass is 32.2. The van der Waals surface area contributed by atoms with Crippen molar-refractivity contribution in [2.45, 2.75) is 64.2 Å². The molecule has 0 aromatic carbocycles. The van der Waals surface area contributed by atoms with Crippen molar-refractivity contribution >= 4 is 47.2 Å². The van der Waals surface area contributed by atoms with E-state index in [9.17, 15) is 24.3 Å². The molecule has 0 aromatic heterocycles. The molecular formula is C19H36N4O5S2. The molecule has 11 heteroatoms. The summed E-state index contributed by atoms with van der Waals surface area (Å²) in [4.78, 5) is 48.8. The SMILES string of the molecule is CCC(C)C(NC(=O)C(N)CCSC)C(=O)NC(C)C(=O)NC(CCSC)C(=O)O. The lowest BCUT2D eigenvalue weighted by atomic mass is 9.97. The van der Waals surface area contributed by atoms with Gasteiger partial charge >= 0.3 is 5.97 Å². The quantitative estimate of drug-likeness (QED) is 0.234. The highest BCUT2D eigenvalue weighted by molar-refractivity contribution is 7.98. The number of amides is 3. The van der Waals surface area contributed by atoms with Crippen LogP contribution in [0.1, 0.15) is 40.0 Å². The van der Waals surface area contributed by atoms with E-state index in [1.807, 2.05) is 26.4 Å². The van der Waals surface area contributed by atoms with Crippen molar-refractivity contribution in [2.24, 2.45) is 11.7 Å². The van der Waals surface area contributed by atoms with Gasteiger partial charge < -0.3 is 26.8 Å². The van der Waals surface area contributed by atoms with E-state index >= 15 is 0 Å². The summed E-state index contributed by atoms with van der Waals surface area (Å²) in [6.07, 6.45) is 5.17. The van der Waals surface area contributed by atoms with Gasteiger partial charge in [-0.1, -0.05) is 20.3 Å². The van der Waals surface area contributed by atoms with Crippen LogP contribution in [0, 0.1) is 5.92 Å². The largest absolute Gasteiger partial charge is 0.480 e. The second-order valence-electron chi connectivity index (χ2n) is 7.17. The Hall–Kier alpha value is -1.46. The van der Waals surface area contributed by atoms with Gasteiger partial charge in [0.1, 0.15) is 18.1 Å². The first-order valence-electron chi connectivity index (χ1n) is 9.96. The van der Waals surface area contributed by atoms with Crippen LogP contribution in [0.15, 0.2) is 0 Å². The second kappa shape index (κ2) is 15.4. The zero-order chi connectivity index (χ0) is 23.3. The molecule has 0 rings (SSSR count). The first-order valence-corrected chi connectivity index (χ1v) is 12.7. The summed E-state index contributed by atoms with van der Waals surface area (Å²) in [6, 6.07) is -3.54. The summed E-state index contributed by atoms with van der Waals surface area (Å²) in [5, 5.41) is 17.0. The fourth-order valence-electron chi connectivity index (χ4n) is 2.50. The van der Waals surface area contributed by atoms with Gasteiger partial charge in [0.2, 0.25) is 17.7 Å². The lowest BCUT2D eigenvalue weighted by Crippen LogP contribution is -2.58. The number of carbonyl (C=O) groups excluding carboxylic acids is 3. The number of hydrogen-bond acceptors (Lipinski definition) is 7. The monoisotopic (exact) mass is 464 g/mol. The number of carboxylic acid groups (broad SMARTS) is 1. The number of carboxylic acids is 1. The molecule has 6 N–H and O–H groups in total. The Kier molecular flexibility index (Phi) is 14.6. The average Bonchev–Trinajstić information content (AvgIpc) is 2.71. The van der Waals surface area contributed by atoms with Gasteiger partial charge in [-0.15, -0.1) is 0 Å². The molecule has 0 saturated carbocycles. The fraction of sp³-hybridized carbons (Fsp3) is 0.789. The number of aliphatic carboxylic acids is 1. The normalized spacial score (nSPS) is 15.9. The number of nitrogens with two attached hydrogens (primary N) is 1. The summed E-state index contributed by atoms with van der Waals surface area (Å²) >= 11 is 3.06. The van der Waals surface area contributed by atoms with Gasteiger partial charge in [0.05, 0.1) is 6.04 Å². The lowest BCUT2D eigenvalue weighted by Gasteiger charge is -2.27. The molecule has 5 unspecified atom stereocenters. The third-order valence-corrected chi connectivity index (χ3v) is 6.03. The Morgan fingerprint density at radius 3 is 1.97 bits per heavy atom. The van der Waals surface area contributed by atoms with Crippen LogP contribution in [0.25, 0.3) is 0 Å². The van der Waals surface area contributed by atoms with Crippen LogP contribution >= 0.6 is 23.5 Å². The third kappa shape index (κ3) is 10.5. The van der Waals surface area contributed by atoms with E-state index in [0.717, 1.165) is 5.75 Å². The van der Waals surface area contributed by atoms with Crippen LogP contribution in [0.5, 0.6) is 0 Å². The molecule has 0 bridgehead atoms. The molecule has 0 heterocycles. The summed E-state index contributed by atoms with van der Waals surface area (Å²) in [5.41, 5.74) is 5.89. The van der Waals surface area contributed by atoms with E-state index in [1.165, 1.54) is 18.7 Å². The first-order chi connectivity index (χ1) is 14.1. The van der Waals surface area contributed by atoms with Crippen LogP contribution in [0.4, 0.5) is 0 Å². The Bertz CT molecular complexity index is 579. The smallest absolute Gasteiger partial charge is 0.326 e. The van der Waals surface area contributed by atoms with Crippen molar-refractivity contribution < 1.29 is 24.3 Å². The molecular weight excluding hydrogens is 428 g/mol. The van der Waals surface area contributed by atoms with Gasteiger partial charge in [-0.3, -0.25) is 14.4 Å². The maximum absolute atomic E-state index is 12.8. The zero-order valence-electron chi connectivity index (χ0n) is 18.4. The number of hydrogen-bond donors (Lipinski definition) is 5. The Morgan fingerprint density at radius 1 is 0.900 bits per heavy atom. The molecule has 174 valence electrons. The molecule has 0 saturated heterocycles. The first kappa shape index (κ1) is 28.5. The zero-order valence-corrected chi connectivity index (χ0v) is 20.0. The fourth-order valence-corrected chi connectivity index (χ4v) is 3.46. The van der Waals surface area contributed by atoms with E-state index in [-0.39, 0.29) is 12.3 Å². The minimum atomic E-state index is -1.13. The summed E-state index contributed by atoms with van der Waals surface area (Å²) in [5.74, 6) is -1.50. The highest BCUT2D eigenvalue weighted by Crippen LogP contribution is 2.10. The number of nitrogens with one attached hydrogen (secondary N) is 3. The van der Waals surface area contributed by atoms with Crippen LogP contribution in [0.3, 0.4) is 0 Å². The number of rotatable bonds is 15. The lowest BCUT2D eigenvalue weighted by molar-refractivity contribution is -0.142. The molecule has 0 aliphatic heterocycles.